The van der Waals surface area contributed by atoms with E-state index in [1.54, 1.807) is 52.3 Å². The number of hydrogen-bond donors (Lipinski definition) is 1. The van der Waals surface area contributed by atoms with Crippen LogP contribution in [0.3, 0.4) is 0 Å². The number of ketones is 1. The first-order valence-electron chi connectivity index (χ1n) is 11.5. The van der Waals surface area contributed by atoms with Crippen LogP contribution in [-0.4, -0.2) is 43.5 Å². The zero-order valence-electron chi connectivity index (χ0n) is 21.1. The molecule has 2 heterocycles. The van der Waals surface area contributed by atoms with Gasteiger partial charge in [0.1, 0.15) is 16.5 Å². The van der Waals surface area contributed by atoms with Gasteiger partial charge in [0, 0.05) is 17.0 Å². The maximum absolute atomic E-state index is 13.7. The van der Waals surface area contributed by atoms with Crippen molar-refractivity contribution in [1.82, 2.24) is 4.98 Å². The Bertz CT molecular complexity index is 1520. The number of benzene rings is 2. The molecule has 0 saturated heterocycles. The molecule has 0 aliphatic heterocycles. The molecule has 0 spiro atoms. The molecule has 0 unspecified atom stereocenters. The van der Waals surface area contributed by atoms with Crippen LogP contribution in [0.4, 0.5) is 5.00 Å². The number of hydrogen-bond acceptors (Lipinski definition) is 8. The molecule has 0 fully saturated rings. The van der Waals surface area contributed by atoms with Crippen molar-refractivity contribution in [3.63, 3.8) is 0 Å². The highest BCUT2D eigenvalue weighted by Crippen LogP contribution is 2.37. The van der Waals surface area contributed by atoms with Gasteiger partial charge in [0.25, 0.3) is 5.91 Å². The third kappa shape index (κ3) is 5.03. The second-order valence-electron chi connectivity index (χ2n) is 8.13. The van der Waals surface area contributed by atoms with E-state index in [1.807, 2.05) is 24.3 Å². The van der Waals surface area contributed by atoms with Gasteiger partial charge in [-0.15, -0.1) is 11.3 Å². The van der Waals surface area contributed by atoms with Gasteiger partial charge in [-0.05, 0) is 50.6 Å². The molecule has 4 rings (SSSR count). The molecule has 0 atom stereocenters. The smallest absolute Gasteiger partial charge is 0.341 e. The summed E-state index contributed by atoms with van der Waals surface area (Å²) >= 11 is 1.06. The monoisotopic (exact) mass is 518 g/mol. The molecule has 0 saturated carbocycles. The zero-order valence-corrected chi connectivity index (χ0v) is 21.9. The van der Waals surface area contributed by atoms with Crippen molar-refractivity contribution >= 4 is 44.9 Å². The molecule has 0 radical (unpaired) electrons. The number of aromatic nitrogens is 1. The van der Waals surface area contributed by atoms with Gasteiger partial charge in [-0.25, -0.2) is 9.78 Å². The minimum Gasteiger partial charge on any atom is -0.497 e. The highest BCUT2D eigenvalue weighted by Gasteiger charge is 2.26. The summed E-state index contributed by atoms with van der Waals surface area (Å²) in [6, 6.07) is 14.3. The standard InChI is InChI=1S/C28H26N2O6S/c1-6-36-28(33)24-15(2)25(16(3)31)37-27(24)30-26(32)20-14-22(29-21-10-8-7-9-18(20)21)19-12-11-17(34-4)13-23(19)35-5/h7-14H,6H2,1-5H3,(H,30,32). The molecule has 4 aromatic rings. The van der Waals surface area contributed by atoms with E-state index in [2.05, 4.69) is 5.32 Å². The van der Waals surface area contributed by atoms with Crippen LogP contribution in [-0.2, 0) is 4.74 Å². The number of thiophene rings is 1. The Hall–Kier alpha value is -4.24. The normalized spacial score (nSPS) is 10.7. The van der Waals surface area contributed by atoms with Gasteiger partial charge in [0.05, 0.1) is 48.0 Å². The Balaban J connectivity index is 1.84. The number of carbonyl (C=O) groups is 3. The van der Waals surface area contributed by atoms with E-state index < -0.39 is 11.9 Å². The van der Waals surface area contributed by atoms with Crippen molar-refractivity contribution < 1.29 is 28.6 Å². The van der Waals surface area contributed by atoms with E-state index in [0.717, 1.165) is 11.3 Å². The van der Waals surface area contributed by atoms with E-state index in [4.69, 9.17) is 19.2 Å². The number of carbonyl (C=O) groups excluding carboxylic acids is 3. The van der Waals surface area contributed by atoms with E-state index in [9.17, 15) is 14.4 Å². The van der Waals surface area contributed by atoms with Crippen LogP contribution in [0.15, 0.2) is 48.5 Å². The zero-order chi connectivity index (χ0) is 26.7. The number of methoxy groups -OCH3 is 2. The lowest BCUT2D eigenvalue weighted by molar-refractivity contribution is 0.0527. The molecule has 0 bridgehead atoms. The first-order chi connectivity index (χ1) is 17.8. The summed E-state index contributed by atoms with van der Waals surface area (Å²) in [5.41, 5.74) is 2.83. The summed E-state index contributed by atoms with van der Waals surface area (Å²) in [7, 11) is 3.12. The van der Waals surface area contributed by atoms with Crippen molar-refractivity contribution in [2.24, 2.45) is 0 Å². The van der Waals surface area contributed by atoms with E-state index in [-0.39, 0.29) is 23.0 Å². The molecule has 0 aliphatic rings. The van der Waals surface area contributed by atoms with Gasteiger partial charge in [-0.3, -0.25) is 9.59 Å². The molecule has 37 heavy (non-hydrogen) atoms. The highest BCUT2D eigenvalue weighted by atomic mass is 32.1. The number of rotatable bonds is 8. The van der Waals surface area contributed by atoms with Crippen molar-refractivity contribution in [2.75, 3.05) is 26.1 Å². The Morgan fingerprint density at radius 1 is 1.03 bits per heavy atom. The van der Waals surface area contributed by atoms with Crippen molar-refractivity contribution in [3.05, 3.63) is 70.1 Å². The molecule has 2 aromatic heterocycles. The van der Waals surface area contributed by atoms with Crippen LogP contribution in [0.25, 0.3) is 22.2 Å². The van der Waals surface area contributed by atoms with Gasteiger partial charge >= 0.3 is 5.97 Å². The fraction of sp³-hybridized carbons (Fsp3) is 0.214. The average molecular weight is 519 g/mol. The summed E-state index contributed by atoms with van der Waals surface area (Å²) in [6.07, 6.45) is 0. The third-order valence-electron chi connectivity index (χ3n) is 5.82. The Morgan fingerprint density at radius 2 is 1.78 bits per heavy atom. The summed E-state index contributed by atoms with van der Waals surface area (Å²) in [5.74, 6) is -0.0772. The molecule has 190 valence electrons. The first-order valence-corrected chi connectivity index (χ1v) is 12.4. The molecule has 2 aromatic carbocycles. The molecule has 1 N–H and O–H groups in total. The van der Waals surface area contributed by atoms with E-state index >= 15 is 0 Å². The summed E-state index contributed by atoms with van der Waals surface area (Å²) in [4.78, 5) is 43.7. The van der Waals surface area contributed by atoms with Gasteiger partial charge in [-0.1, -0.05) is 18.2 Å². The molecular formula is C28H26N2O6S. The van der Waals surface area contributed by atoms with E-state index in [1.165, 1.54) is 6.92 Å². The number of nitrogens with zero attached hydrogens (tertiary/aromatic N) is 1. The largest absolute Gasteiger partial charge is 0.497 e. The van der Waals surface area contributed by atoms with Crippen LogP contribution in [0.2, 0.25) is 0 Å². The summed E-state index contributed by atoms with van der Waals surface area (Å²) < 4.78 is 16.0. The number of para-hydroxylation sites is 1. The number of Topliss-reactive ketones (excluding diaryl/α,β-unsaturated/α-hetero) is 1. The van der Waals surface area contributed by atoms with Crippen LogP contribution < -0.4 is 14.8 Å². The molecule has 1 amide bonds. The maximum atomic E-state index is 13.7. The fourth-order valence-electron chi connectivity index (χ4n) is 4.07. The van der Waals surface area contributed by atoms with Crippen molar-refractivity contribution in [1.29, 1.82) is 0 Å². The predicted molar refractivity (Wildman–Crippen MR) is 143 cm³/mol. The molecule has 0 aliphatic carbocycles. The lowest BCUT2D eigenvalue weighted by Crippen LogP contribution is -2.15. The number of anilines is 1. The number of esters is 1. The maximum Gasteiger partial charge on any atom is 0.341 e. The Labute approximate surface area is 218 Å². The number of pyridine rings is 1. The number of amides is 1. The Morgan fingerprint density at radius 3 is 2.46 bits per heavy atom. The number of nitrogens with one attached hydrogen (secondary N) is 1. The quantitative estimate of drug-likeness (QED) is 0.228. The van der Waals surface area contributed by atoms with Gasteiger partial charge in [0.2, 0.25) is 0 Å². The van der Waals surface area contributed by atoms with Gasteiger partial charge in [0.15, 0.2) is 5.78 Å². The van der Waals surface area contributed by atoms with Crippen molar-refractivity contribution in [3.8, 4) is 22.8 Å². The summed E-state index contributed by atoms with van der Waals surface area (Å²) in [6.45, 7) is 4.95. The minimum atomic E-state index is -0.595. The molecule has 8 nitrogen and oxygen atoms in total. The van der Waals surface area contributed by atoms with Gasteiger partial charge in [-0.2, -0.15) is 0 Å². The fourth-order valence-corrected chi connectivity index (χ4v) is 5.15. The second-order valence-corrected chi connectivity index (χ2v) is 9.15. The lowest BCUT2D eigenvalue weighted by Gasteiger charge is -2.13. The lowest BCUT2D eigenvalue weighted by atomic mass is 10.0. The molecular weight excluding hydrogens is 492 g/mol. The summed E-state index contributed by atoms with van der Waals surface area (Å²) in [5, 5.41) is 3.74. The van der Waals surface area contributed by atoms with Crippen LogP contribution in [0, 0.1) is 6.92 Å². The second kappa shape index (κ2) is 10.8. The number of fused-ring (bicyclic) bond motifs is 1. The van der Waals surface area contributed by atoms with Gasteiger partial charge < -0.3 is 19.5 Å². The first kappa shape index (κ1) is 25.8. The SMILES string of the molecule is CCOC(=O)c1c(NC(=O)c2cc(-c3ccc(OC)cc3OC)nc3ccccc23)sc(C(C)=O)c1C. The van der Waals surface area contributed by atoms with Crippen LogP contribution >= 0.6 is 11.3 Å². The number of ether oxygens (including phenoxy) is 3. The van der Waals surface area contributed by atoms with Crippen LogP contribution in [0.1, 0.15) is 49.8 Å². The highest BCUT2D eigenvalue weighted by molar-refractivity contribution is 7.18. The van der Waals surface area contributed by atoms with E-state index in [0.29, 0.717) is 49.7 Å². The molecule has 9 heteroatoms. The minimum absolute atomic E-state index is 0.166. The Kier molecular flexibility index (Phi) is 7.54. The predicted octanol–water partition coefficient (Wildman–Crippen LogP) is 5.92. The third-order valence-corrected chi connectivity index (χ3v) is 7.13. The average Bonchev–Trinajstić information content (AvgIpc) is 3.23. The van der Waals surface area contributed by atoms with Crippen LogP contribution in [0.5, 0.6) is 11.5 Å². The topological polar surface area (TPSA) is 104 Å². The van der Waals surface area contributed by atoms with Crippen molar-refractivity contribution in [2.45, 2.75) is 20.8 Å².